The Balaban J connectivity index is 2.17. The predicted octanol–water partition coefficient (Wildman–Crippen LogP) is 1.25. The van der Waals surface area contributed by atoms with Crippen molar-refractivity contribution in [1.29, 1.82) is 0 Å². The summed E-state index contributed by atoms with van der Waals surface area (Å²) in [7, 11) is 0. The minimum atomic E-state index is -0.423. The third-order valence-corrected chi connectivity index (χ3v) is 2.99. The van der Waals surface area contributed by atoms with Gasteiger partial charge in [-0.05, 0) is 19.9 Å². The van der Waals surface area contributed by atoms with Gasteiger partial charge in [0.05, 0.1) is 30.3 Å². The van der Waals surface area contributed by atoms with Crippen LogP contribution in [0.2, 0.25) is 0 Å². The van der Waals surface area contributed by atoms with Crippen LogP contribution in [0.1, 0.15) is 32.9 Å². The first-order chi connectivity index (χ1) is 10.0. The van der Waals surface area contributed by atoms with E-state index in [0.717, 1.165) is 0 Å². The maximum absolute atomic E-state index is 11.8. The first-order valence-corrected chi connectivity index (χ1v) is 6.20. The molecule has 110 valence electrons. The van der Waals surface area contributed by atoms with Crippen LogP contribution in [0.3, 0.4) is 0 Å². The first-order valence-electron chi connectivity index (χ1n) is 6.20. The van der Waals surface area contributed by atoms with Gasteiger partial charge in [0.15, 0.2) is 0 Å². The molecule has 21 heavy (non-hydrogen) atoms. The van der Waals surface area contributed by atoms with Gasteiger partial charge < -0.3 is 14.6 Å². The van der Waals surface area contributed by atoms with Gasteiger partial charge in [0.2, 0.25) is 0 Å². The van der Waals surface area contributed by atoms with E-state index in [0.29, 0.717) is 28.1 Å². The molecule has 0 fully saturated rings. The highest BCUT2D eigenvalue weighted by molar-refractivity contribution is 5.96. The number of hydrazone groups is 1. The highest BCUT2D eigenvalue weighted by Gasteiger charge is 2.11. The molecule has 2 rings (SSSR count). The van der Waals surface area contributed by atoms with E-state index in [-0.39, 0.29) is 12.4 Å². The lowest BCUT2D eigenvalue weighted by Crippen LogP contribution is -2.18. The third-order valence-electron chi connectivity index (χ3n) is 2.99. The molecular weight excluding hydrogens is 274 g/mol. The molecule has 7 nitrogen and oxygen atoms in total. The van der Waals surface area contributed by atoms with E-state index < -0.39 is 5.91 Å². The molecule has 0 aliphatic rings. The minimum Gasteiger partial charge on any atom is -0.505 e. The monoisotopic (exact) mass is 289 g/mol. The Hall–Kier alpha value is -2.67. The van der Waals surface area contributed by atoms with E-state index >= 15 is 0 Å². The third kappa shape index (κ3) is 3.09. The summed E-state index contributed by atoms with van der Waals surface area (Å²) in [5.41, 5.74) is 3.84. The molecule has 2 aromatic rings. The fourth-order valence-corrected chi connectivity index (χ4v) is 1.76. The summed E-state index contributed by atoms with van der Waals surface area (Å²) in [6.07, 6.45) is 4.12. The Morgan fingerprint density at radius 1 is 1.52 bits per heavy atom. The predicted molar refractivity (Wildman–Crippen MR) is 75.1 cm³/mol. The SMILES string of the molecule is Cc1ncc(CO)c(C=NNC(=O)c2ccoc2C)c1O. The van der Waals surface area contributed by atoms with Crippen LogP contribution in [0, 0.1) is 13.8 Å². The van der Waals surface area contributed by atoms with Crippen LogP contribution in [-0.2, 0) is 6.61 Å². The molecule has 0 aliphatic carbocycles. The maximum Gasteiger partial charge on any atom is 0.274 e. The highest BCUT2D eigenvalue weighted by Crippen LogP contribution is 2.21. The lowest BCUT2D eigenvalue weighted by atomic mass is 10.1. The van der Waals surface area contributed by atoms with Crippen molar-refractivity contribution >= 4 is 12.1 Å². The molecule has 0 atom stereocenters. The molecule has 0 saturated heterocycles. The lowest BCUT2D eigenvalue weighted by Gasteiger charge is -2.06. The van der Waals surface area contributed by atoms with Gasteiger partial charge in [-0.3, -0.25) is 9.78 Å². The van der Waals surface area contributed by atoms with Gasteiger partial charge in [0, 0.05) is 17.3 Å². The van der Waals surface area contributed by atoms with Crippen LogP contribution in [0.4, 0.5) is 0 Å². The number of aliphatic hydroxyl groups excluding tert-OH is 1. The molecule has 2 heterocycles. The van der Waals surface area contributed by atoms with Crippen molar-refractivity contribution < 1.29 is 19.4 Å². The van der Waals surface area contributed by atoms with Crippen LogP contribution in [0.25, 0.3) is 0 Å². The summed E-state index contributed by atoms with van der Waals surface area (Å²) in [6.45, 7) is 3.00. The summed E-state index contributed by atoms with van der Waals surface area (Å²) >= 11 is 0. The van der Waals surface area contributed by atoms with E-state index in [2.05, 4.69) is 15.5 Å². The molecule has 0 unspecified atom stereocenters. The number of pyridine rings is 1. The second kappa shape index (κ2) is 6.19. The van der Waals surface area contributed by atoms with Gasteiger partial charge in [-0.1, -0.05) is 0 Å². The van der Waals surface area contributed by atoms with Crippen LogP contribution in [0.5, 0.6) is 5.75 Å². The number of amides is 1. The van der Waals surface area contributed by atoms with Crippen molar-refractivity contribution in [3.8, 4) is 5.75 Å². The van der Waals surface area contributed by atoms with E-state index in [1.165, 1.54) is 24.7 Å². The zero-order valence-corrected chi connectivity index (χ0v) is 11.6. The largest absolute Gasteiger partial charge is 0.505 e. The number of aryl methyl sites for hydroxylation is 2. The lowest BCUT2D eigenvalue weighted by molar-refractivity contribution is 0.0953. The number of carbonyl (C=O) groups excluding carboxylic acids is 1. The number of hydrogen-bond acceptors (Lipinski definition) is 6. The number of nitrogens with zero attached hydrogens (tertiary/aromatic N) is 2. The normalized spacial score (nSPS) is 11.0. The van der Waals surface area contributed by atoms with E-state index in [1.807, 2.05) is 0 Å². The Morgan fingerprint density at radius 3 is 2.90 bits per heavy atom. The van der Waals surface area contributed by atoms with Crippen molar-refractivity contribution in [3.05, 3.63) is 46.7 Å². The fourth-order valence-electron chi connectivity index (χ4n) is 1.76. The summed E-state index contributed by atoms with van der Waals surface area (Å²) in [6, 6.07) is 1.54. The standard InChI is InChI=1S/C14H15N3O4/c1-8-13(19)12(10(7-18)5-15-8)6-16-17-14(20)11-3-4-21-9(11)2/h3-6,18-19H,7H2,1-2H3,(H,17,20). The molecular formula is C14H15N3O4. The Labute approximate surface area is 120 Å². The Kier molecular flexibility index (Phi) is 4.34. The number of aliphatic hydroxyl groups is 1. The van der Waals surface area contributed by atoms with Crippen molar-refractivity contribution in [2.75, 3.05) is 0 Å². The highest BCUT2D eigenvalue weighted by atomic mass is 16.3. The van der Waals surface area contributed by atoms with Crippen molar-refractivity contribution in [3.63, 3.8) is 0 Å². The number of rotatable bonds is 4. The molecule has 1 amide bonds. The minimum absolute atomic E-state index is 0.0842. The summed E-state index contributed by atoms with van der Waals surface area (Å²) < 4.78 is 5.03. The molecule has 7 heteroatoms. The molecule has 3 N–H and O–H groups in total. The number of hydrogen-bond donors (Lipinski definition) is 3. The number of aromatic nitrogens is 1. The van der Waals surface area contributed by atoms with Crippen LogP contribution < -0.4 is 5.43 Å². The molecule has 0 bridgehead atoms. The number of furan rings is 1. The Morgan fingerprint density at radius 2 is 2.29 bits per heavy atom. The molecule has 0 radical (unpaired) electrons. The fraction of sp³-hybridized carbons (Fsp3) is 0.214. The molecule has 0 aromatic carbocycles. The van der Waals surface area contributed by atoms with Crippen molar-refractivity contribution in [2.45, 2.75) is 20.5 Å². The average Bonchev–Trinajstić information content (AvgIpc) is 2.89. The van der Waals surface area contributed by atoms with E-state index in [9.17, 15) is 15.0 Å². The summed E-state index contributed by atoms with van der Waals surface area (Å²) in [5, 5.41) is 22.9. The Bertz CT molecular complexity index is 692. The number of carbonyl (C=O) groups is 1. The number of nitrogens with one attached hydrogen (secondary N) is 1. The van der Waals surface area contributed by atoms with Crippen LogP contribution >= 0.6 is 0 Å². The quantitative estimate of drug-likeness (QED) is 0.580. The summed E-state index contributed by atoms with van der Waals surface area (Å²) in [5.74, 6) is -0.0197. The molecule has 0 aliphatic heterocycles. The zero-order valence-electron chi connectivity index (χ0n) is 11.6. The van der Waals surface area contributed by atoms with E-state index in [4.69, 9.17) is 4.42 Å². The molecule has 0 saturated carbocycles. The van der Waals surface area contributed by atoms with Crippen LogP contribution in [0.15, 0.2) is 28.0 Å². The van der Waals surface area contributed by atoms with Crippen molar-refractivity contribution in [1.82, 2.24) is 10.4 Å². The topological polar surface area (TPSA) is 108 Å². The van der Waals surface area contributed by atoms with Gasteiger partial charge in [0.1, 0.15) is 11.5 Å². The van der Waals surface area contributed by atoms with Crippen molar-refractivity contribution in [2.24, 2.45) is 5.10 Å². The maximum atomic E-state index is 11.8. The van der Waals surface area contributed by atoms with Gasteiger partial charge >= 0.3 is 0 Å². The first kappa shape index (κ1) is 14.7. The average molecular weight is 289 g/mol. The van der Waals surface area contributed by atoms with Gasteiger partial charge in [-0.2, -0.15) is 5.10 Å². The number of aromatic hydroxyl groups is 1. The van der Waals surface area contributed by atoms with E-state index in [1.54, 1.807) is 13.8 Å². The smallest absolute Gasteiger partial charge is 0.274 e. The molecule has 2 aromatic heterocycles. The second-order valence-corrected chi connectivity index (χ2v) is 4.38. The second-order valence-electron chi connectivity index (χ2n) is 4.38. The molecule has 0 spiro atoms. The summed E-state index contributed by atoms with van der Waals surface area (Å²) in [4.78, 5) is 15.7. The van der Waals surface area contributed by atoms with Gasteiger partial charge in [-0.15, -0.1) is 0 Å². The van der Waals surface area contributed by atoms with Gasteiger partial charge in [0.25, 0.3) is 5.91 Å². The van der Waals surface area contributed by atoms with Gasteiger partial charge in [-0.25, -0.2) is 5.43 Å². The zero-order chi connectivity index (χ0) is 15.4. The van der Waals surface area contributed by atoms with Crippen LogP contribution in [-0.4, -0.2) is 27.3 Å².